The van der Waals surface area contributed by atoms with Crippen LogP contribution in [0.1, 0.15) is 30.6 Å². The quantitative estimate of drug-likeness (QED) is 0.711. The predicted octanol–water partition coefficient (Wildman–Crippen LogP) is 2.50. The highest BCUT2D eigenvalue weighted by molar-refractivity contribution is 5.97. The summed E-state index contributed by atoms with van der Waals surface area (Å²) in [6, 6.07) is 5.13. The molecule has 0 saturated carbocycles. The van der Waals surface area contributed by atoms with E-state index in [2.05, 4.69) is 19.2 Å². The minimum atomic E-state index is -0.154. The van der Waals surface area contributed by atoms with E-state index in [4.69, 9.17) is 14.2 Å². The third-order valence-electron chi connectivity index (χ3n) is 2.86. The number of benzene rings is 1. The summed E-state index contributed by atoms with van der Waals surface area (Å²) in [7, 11) is 3.11. The van der Waals surface area contributed by atoms with E-state index in [1.54, 1.807) is 25.3 Å². The van der Waals surface area contributed by atoms with E-state index < -0.39 is 0 Å². The molecule has 0 spiro atoms. The fraction of sp³-hybridized carbons (Fsp3) is 0.562. The van der Waals surface area contributed by atoms with Crippen molar-refractivity contribution in [3.05, 3.63) is 23.8 Å². The molecule has 0 bridgehead atoms. The van der Waals surface area contributed by atoms with E-state index in [-0.39, 0.29) is 5.91 Å². The van der Waals surface area contributed by atoms with Gasteiger partial charge in [-0.1, -0.05) is 13.8 Å². The van der Waals surface area contributed by atoms with Gasteiger partial charge in [-0.15, -0.1) is 0 Å². The maximum absolute atomic E-state index is 12.1. The van der Waals surface area contributed by atoms with Gasteiger partial charge < -0.3 is 19.5 Å². The van der Waals surface area contributed by atoms with Crippen LogP contribution in [-0.2, 0) is 4.74 Å². The highest BCUT2D eigenvalue weighted by Gasteiger charge is 2.12. The molecule has 0 atom stereocenters. The topological polar surface area (TPSA) is 56.8 Å². The van der Waals surface area contributed by atoms with Crippen LogP contribution in [-0.4, -0.2) is 39.9 Å². The lowest BCUT2D eigenvalue weighted by atomic mass is 10.1. The van der Waals surface area contributed by atoms with Gasteiger partial charge in [-0.05, 0) is 24.5 Å². The number of carbonyl (C=O) groups excluding carboxylic acids is 1. The van der Waals surface area contributed by atoms with E-state index in [0.717, 1.165) is 13.0 Å². The average molecular weight is 295 g/mol. The lowest BCUT2D eigenvalue weighted by Gasteiger charge is -2.11. The molecule has 0 fully saturated rings. The number of hydrogen-bond acceptors (Lipinski definition) is 4. The van der Waals surface area contributed by atoms with Crippen LogP contribution in [0.25, 0.3) is 0 Å². The lowest BCUT2D eigenvalue weighted by Crippen LogP contribution is -2.25. The van der Waals surface area contributed by atoms with Gasteiger partial charge in [-0.25, -0.2) is 0 Å². The molecule has 1 amide bonds. The average Bonchev–Trinajstić information content (AvgIpc) is 2.49. The molecule has 0 aliphatic heterocycles. The number of amides is 1. The predicted molar refractivity (Wildman–Crippen MR) is 82.2 cm³/mol. The molecule has 1 N–H and O–H groups in total. The highest BCUT2D eigenvalue weighted by atomic mass is 16.5. The number of rotatable bonds is 9. The zero-order valence-corrected chi connectivity index (χ0v) is 13.3. The number of ether oxygens (including phenoxy) is 3. The Morgan fingerprint density at radius 2 is 2.00 bits per heavy atom. The van der Waals surface area contributed by atoms with Gasteiger partial charge in [0.25, 0.3) is 5.91 Å². The van der Waals surface area contributed by atoms with E-state index in [9.17, 15) is 4.79 Å². The van der Waals surface area contributed by atoms with Crippen LogP contribution in [0.4, 0.5) is 0 Å². The van der Waals surface area contributed by atoms with Gasteiger partial charge in [-0.2, -0.15) is 0 Å². The first-order valence-electron chi connectivity index (χ1n) is 7.16. The standard InChI is InChI=1S/C16H25NO4/c1-12(2)11-21-9-5-8-17-16(18)14-7-6-13(19-3)10-15(14)20-4/h6-7,10,12H,5,8-9,11H2,1-4H3,(H,17,18). The van der Waals surface area contributed by atoms with E-state index in [0.29, 0.717) is 36.1 Å². The van der Waals surface area contributed by atoms with Gasteiger partial charge in [0.15, 0.2) is 0 Å². The van der Waals surface area contributed by atoms with Gasteiger partial charge in [0.2, 0.25) is 0 Å². The highest BCUT2D eigenvalue weighted by Crippen LogP contribution is 2.24. The first kappa shape index (κ1) is 17.3. The summed E-state index contributed by atoms with van der Waals surface area (Å²) < 4.78 is 15.8. The molecule has 0 unspecified atom stereocenters. The number of nitrogens with one attached hydrogen (secondary N) is 1. The minimum absolute atomic E-state index is 0.154. The van der Waals surface area contributed by atoms with Crippen LogP contribution in [0, 0.1) is 5.92 Å². The summed E-state index contributed by atoms with van der Waals surface area (Å²) in [5.41, 5.74) is 0.501. The third kappa shape index (κ3) is 6.04. The van der Waals surface area contributed by atoms with E-state index >= 15 is 0 Å². The minimum Gasteiger partial charge on any atom is -0.497 e. The fourth-order valence-corrected chi connectivity index (χ4v) is 1.78. The zero-order chi connectivity index (χ0) is 15.7. The molecule has 0 aliphatic rings. The molecule has 1 aromatic carbocycles. The molecular formula is C16H25NO4. The normalized spacial score (nSPS) is 10.5. The second-order valence-electron chi connectivity index (χ2n) is 5.14. The Labute approximate surface area is 126 Å². The molecule has 0 saturated heterocycles. The second kappa shape index (κ2) is 9.23. The van der Waals surface area contributed by atoms with Crippen molar-refractivity contribution in [3.8, 4) is 11.5 Å². The van der Waals surface area contributed by atoms with E-state index in [1.807, 2.05) is 0 Å². The summed E-state index contributed by atoms with van der Waals surface area (Å²) >= 11 is 0. The molecule has 1 rings (SSSR count). The Balaban J connectivity index is 2.41. The van der Waals surface area contributed by atoms with Crippen molar-refractivity contribution in [2.24, 2.45) is 5.92 Å². The van der Waals surface area contributed by atoms with Gasteiger partial charge in [-0.3, -0.25) is 4.79 Å². The molecular weight excluding hydrogens is 270 g/mol. The van der Waals surface area contributed by atoms with Crippen LogP contribution in [0.2, 0.25) is 0 Å². The zero-order valence-electron chi connectivity index (χ0n) is 13.3. The molecule has 5 heteroatoms. The Hall–Kier alpha value is -1.75. The Morgan fingerprint density at radius 3 is 2.62 bits per heavy atom. The van der Waals surface area contributed by atoms with Crippen LogP contribution in [0.15, 0.2) is 18.2 Å². The van der Waals surface area contributed by atoms with Crippen molar-refractivity contribution in [2.45, 2.75) is 20.3 Å². The maximum atomic E-state index is 12.1. The van der Waals surface area contributed by atoms with Gasteiger partial charge in [0.1, 0.15) is 11.5 Å². The Kier molecular flexibility index (Phi) is 7.61. The summed E-state index contributed by atoms with van der Waals surface area (Å²) in [5.74, 6) is 1.54. The summed E-state index contributed by atoms with van der Waals surface area (Å²) in [5, 5.41) is 2.86. The second-order valence-corrected chi connectivity index (χ2v) is 5.14. The SMILES string of the molecule is COc1ccc(C(=O)NCCCOCC(C)C)c(OC)c1. The largest absolute Gasteiger partial charge is 0.497 e. The van der Waals surface area contributed by atoms with Gasteiger partial charge >= 0.3 is 0 Å². The molecule has 1 aromatic rings. The van der Waals surface area contributed by atoms with Crippen LogP contribution < -0.4 is 14.8 Å². The smallest absolute Gasteiger partial charge is 0.255 e. The van der Waals surface area contributed by atoms with Crippen molar-refractivity contribution in [1.29, 1.82) is 0 Å². The van der Waals surface area contributed by atoms with Crippen molar-refractivity contribution < 1.29 is 19.0 Å². The molecule has 0 aromatic heterocycles. The van der Waals surface area contributed by atoms with Gasteiger partial charge in [0.05, 0.1) is 19.8 Å². The third-order valence-corrected chi connectivity index (χ3v) is 2.86. The van der Waals surface area contributed by atoms with Crippen molar-refractivity contribution in [3.63, 3.8) is 0 Å². The fourth-order valence-electron chi connectivity index (χ4n) is 1.78. The summed E-state index contributed by atoms with van der Waals surface area (Å²) in [4.78, 5) is 12.1. The molecule has 0 radical (unpaired) electrons. The summed E-state index contributed by atoms with van der Waals surface area (Å²) in [6.07, 6.45) is 0.789. The Bertz CT molecular complexity index is 446. The molecule has 5 nitrogen and oxygen atoms in total. The summed E-state index contributed by atoms with van der Waals surface area (Å²) in [6.45, 7) is 6.19. The first-order valence-corrected chi connectivity index (χ1v) is 7.16. The van der Waals surface area contributed by atoms with Crippen LogP contribution in [0.5, 0.6) is 11.5 Å². The van der Waals surface area contributed by atoms with E-state index in [1.165, 1.54) is 7.11 Å². The Morgan fingerprint density at radius 1 is 1.24 bits per heavy atom. The molecule has 0 heterocycles. The lowest BCUT2D eigenvalue weighted by molar-refractivity contribution is 0.0922. The molecule has 118 valence electrons. The molecule has 0 aliphatic carbocycles. The first-order chi connectivity index (χ1) is 10.1. The number of methoxy groups -OCH3 is 2. The monoisotopic (exact) mass is 295 g/mol. The number of hydrogen-bond donors (Lipinski definition) is 1. The van der Waals surface area contributed by atoms with Crippen molar-refractivity contribution >= 4 is 5.91 Å². The molecule has 21 heavy (non-hydrogen) atoms. The number of carbonyl (C=O) groups is 1. The van der Waals surface area contributed by atoms with Gasteiger partial charge in [0, 0.05) is 25.8 Å². The van der Waals surface area contributed by atoms with Crippen LogP contribution >= 0.6 is 0 Å². The van der Waals surface area contributed by atoms with Crippen LogP contribution in [0.3, 0.4) is 0 Å². The van der Waals surface area contributed by atoms with Crippen molar-refractivity contribution in [1.82, 2.24) is 5.32 Å². The maximum Gasteiger partial charge on any atom is 0.255 e. The van der Waals surface area contributed by atoms with Crippen molar-refractivity contribution in [2.75, 3.05) is 34.0 Å².